The van der Waals surface area contributed by atoms with Gasteiger partial charge in [0.05, 0.1) is 25.4 Å². The average molecular weight is 260 g/mol. The lowest BCUT2D eigenvalue weighted by Crippen LogP contribution is -2.25. The maximum atomic E-state index is 11.4. The molecule has 0 rings (SSSR count). The third-order valence-corrected chi connectivity index (χ3v) is 2.28. The van der Waals surface area contributed by atoms with Crippen LogP contribution in [-0.2, 0) is 19.0 Å². The fourth-order valence-corrected chi connectivity index (χ4v) is 1.54. The maximum absolute atomic E-state index is 11.4. The number of carbonyl (C=O) groups is 1. The van der Waals surface area contributed by atoms with Gasteiger partial charge in [-0.05, 0) is 34.1 Å². The van der Waals surface area contributed by atoms with Gasteiger partial charge in [-0.3, -0.25) is 4.79 Å². The predicted octanol–water partition coefficient (Wildman–Crippen LogP) is 2.94. The molecule has 0 aromatic rings. The monoisotopic (exact) mass is 260 g/mol. The van der Waals surface area contributed by atoms with Crippen LogP contribution >= 0.6 is 0 Å². The third-order valence-electron chi connectivity index (χ3n) is 2.28. The Kier molecular flexibility index (Phi) is 9.98. The van der Waals surface area contributed by atoms with Gasteiger partial charge in [-0.25, -0.2) is 0 Å². The molecule has 0 aliphatic carbocycles. The molecule has 18 heavy (non-hydrogen) atoms. The van der Waals surface area contributed by atoms with Gasteiger partial charge in [0.1, 0.15) is 6.10 Å². The van der Waals surface area contributed by atoms with E-state index in [9.17, 15) is 4.79 Å². The molecule has 0 heterocycles. The minimum absolute atomic E-state index is 0.0630. The van der Waals surface area contributed by atoms with Crippen molar-refractivity contribution in [2.45, 2.75) is 72.2 Å². The smallest absolute Gasteiger partial charge is 0.306 e. The van der Waals surface area contributed by atoms with Gasteiger partial charge >= 0.3 is 5.97 Å². The van der Waals surface area contributed by atoms with Gasteiger partial charge < -0.3 is 14.2 Å². The molecule has 0 aliphatic rings. The minimum Gasteiger partial charge on any atom is -0.460 e. The summed E-state index contributed by atoms with van der Waals surface area (Å²) in [5, 5.41) is 0. The summed E-state index contributed by atoms with van der Waals surface area (Å²) in [6.07, 6.45) is 2.45. The average Bonchev–Trinajstić information content (AvgIpc) is 2.25. The van der Waals surface area contributed by atoms with Crippen LogP contribution in [0.1, 0.15) is 53.9 Å². The van der Waals surface area contributed by atoms with Crippen molar-refractivity contribution in [1.82, 2.24) is 0 Å². The van der Waals surface area contributed by atoms with Crippen molar-refractivity contribution in [2.75, 3.05) is 13.2 Å². The number of hydrogen-bond donors (Lipinski definition) is 0. The van der Waals surface area contributed by atoms with E-state index in [-0.39, 0.29) is 24.3 Å². The molecular formula is C14H28O4. The lowest BCUT2D eigenvalue weighted by atomic mass is 10.2. The summed E-state index contributed by atoms with van der Waals surface area (Å²) in [5.41, 5.74) is 0. The Hall–Kier alpha value is -0.610. The van der Waals surface area contributed by atoms with Crippen LogP contribution in [0.5, 0.6) is 0 Å². The lowest BCUT2D eigenvalue weighted by molar-refractivity contribution is -0.152. The highest BCUT2D eigenvalue weighted by atomic mass is 16.6. The highest BCUT2D eigenvalue weighted by Gasteiger charge is 2.10. The van der Waals surface area contributed by atoms with Crippen LogP contribution in [-0.4, -0.2) is 37.5 Å². The van der Waals surface area contributed by atoms with Crippen molar-refractivity contribution >= 4 is 5.97 Å². The van der Waals surface area contributed by atoms with E-state index in [4.69, 9.17) is 14.2 Å². The van der Waals surface area contributed by atoms with E-state index >= 15 is 0 Å². The van der Waals surface area contributed by atoms with E-state index in [0.717, 1.165) is 12.8 Å². The molecule has 0 radical (unpaired) electrons. The second kappa shape index (κ2) is 10.3. The van der Waals surface area contributed by atoms with Gasteiger partial charge in [-0.15, -0.1) is 0 Å². The lowest BCUT2D eigenvalue weighted by Gasteiger charge is -2.18. The molecular weight excluding hydrogens is 232 g/mol. The number of hydrogen-bond acceptors (Lipinski definition) is 4. The van der Waals surface area contributed by atoms with Gasteiger partial charge in [0.15, 0.2) is 0 Å². The summed E-state index contributed by atoms with van der Waals surface area (Å²) < 4.78 is 16.2. The summed E-state index contributed by atoms with van der Waals surface area (Å²) >= 11 is 0. The predicted molar refractivity (Wildman–Crippen MR) is 71.6 cm³/mol. The van der Waals surface area contributed by atoms with Crippen molar-refractivity contribution in [3.8, 4) is 0 Å². The van der Waals surface area contributed by atoms with Crippen molar-refractivity contribution in [1.29, 1.82) is 0 Å². The first-order chi connectivity index (χ1) is 8.45. The summed E-state index contributed by atoms with van der Waals surface area (Å²) in [5.74, 6) is -0.139. The Morgan fingerprint density at radius 2 is 1.67 bits per heavy atom. The van der Waals surface area contributed by atoms with E-state index in [1.165, 1.54) is 0 Å². The normalized spacial score (nSPS) is 14.6. The maximum Gasteiger partial charge on any atom is 0.306 e. The number of ether oxygens (including phenoxy) is 3. The van der Waals surface area contributed by atoms with Gasteiger partial charge in [-0.2, -0.15) is 0 Å². The number of carbonyl (C=O) groups excluding carboxylic acids is 1. The molecule has 0 aromatic carbocycles. The first kappa shape index (κ1) is 17.4. The van der Waals surface area contributed by atoms with Crippen LogP contribution < -0.4 is 0 Å². The second-order valence-electron chi connectivity index (χ2n) is 4.94. The largest absolute Gasteiger partial charge is 0.460 e. The van der Waals surface area contributed by atoms with Crippen LogP contribution in [0.3, 0.4) is 0 Å². The number of esters is 1. The van der Waals surface area contributed by atoms with Crippen molar-refractivity contribution in [3.05, 3.63) is 0 Å². The Labute approximate surface area is 111 Å². The molecule has 0 amide bonds. The van der Waals surface area contributed by atoms with Crippen molar-refractivity contribution < 1.29 is 19.0 Å². The molecule has 0 fully saturated rings. The van der Waals surface area contributed by atoms with Gasteiger partial charge in [0.25, 0.3) is 0 Å². The quantitative estimate of drug-likeness (QED) is 0.566. The van der Waals surface area contributed by atoms with Crippen LogP contribution in [0.2, 0.25) is 0 Å². The first-order valence-electron chi connectivity index (χ1n) is 6.88. The highest BCUT2D eigenvalue weighted by Crippen LogP contribution is 2.02. The van der Waals surface area contributed by atoms with Crippen LogP contribution in [0.15, 0.2) is 0 Å². The molecule has 0 bridgehead atoms. The Bertz CT molecular complexity index is 216. The van der Waals surface area contributed by atoms with Crippen LogP contribution in [0.25, 0.3) is 0 Å². The van der Waals surface area contributed by atoms with Gasteiger partial charge in [-0.1, -0.05) is 13.3 Å². The summed E-state index contributed by atoms with van der Waals surface area (Å²) in [6, 6.07) is 0. The number of unbranched alkanes of at least 4 members (excludes halogenated alkanes) is 1. The van der Waals surface area contributed by atoms with Crippen molar-refractivity contribution in [3.63, 3.8) is 0 Å². The molecule has 2 unspecified atom stereocenters. The topological polar surface area (TPSA) is 44.8 Å². The van der Waals surface area contributed by atoms with E-state index in [1.54, 1.807) is 0 Å². The molecule has 0 N–H and O–H groups in total. The van der Waals surface area contributed by atoms with Gasteiger partial charge in [0.2, 0.25) is 0 Å². The van der Waals surface area contributed by atoms with Crippen LogP contribution in [0, 0.1) is 0 Å². The zero-order valence-corrected chi connectivity index (χ0v) is 12.4. The molecule has 108 valence electrons. The van der Waals surface area contributed by atoms with Crippen LogP contribution in [0.4, 0.5) is 0 Å². The highest BCUT2D eigenvalue weighted by molar-refractivity contribution is 5.69. The first-order valence-corrected chi connectivity index (χ1v) is 6.88. The zero-order chi connectivity index (χ0) is 14.0. The minimum atomic E-state index is -0.194. The Morgan fingerprint density at radius 3 is 2.22 bits per heavy atom. The molecule has 0 saturated carbocycles. The fraction of sp³-hybridized carbons (Fsp3) is 0.929. The molecule has 0 saturated heterocycles. The third kappa shape index (κ3) is 10.5. The Balaban J connectivity index is 3.58. The van der Waals surface area contributed by atoms with E-state index in [0.29, 0.717) is 19.6 Å². The zero-order valence-electron chi connectivity index (χ0n) is 12.4. The Morgan fingerprint density at radius 1 is 1.06 bits per heavy atom. The van der Waals surface area contributed by atoms with Gasteiger partial charge in [0, 0.05) is 6.42 Å². The second-order valence-corrected chi connectivity index (χ2v) is 4.94. The molecule has 4 heteroatoms. The fourth-order valence-electron chi connectivity index (χ4n) is 1.54. The molecule has 4 nitrogen and oxygen atoms in total. The summed E-state index contributed by atoms with van der Waals surface area (Å²) in [7, 11) is 0. The van der Waals surface area contributed by atoms with E-state index < -0.39 is 0 Å². The van der Waals surface area contributed by atoms with E-state index in [2.05, 4.69) is 6.92 Å². The molecule has 2 atom stereocenters. The summed E-state index contributed by atoms with van der Waals surface area (Å²) in [4.78, 5) is 11.4. The summed E-state index contributed by atoms with van der Waals surface area (Å²) in [6.45, 7) is 10.8. The standard InChI is InChI=1S/C14H28O4/c1-6-7-8-14(15)18-13(5)10-16-9-12(4)17-11(2)3/h11-13H,6-10H2,1-5H3. The van der Waals surface area contributed by atoms with Crippen molar-refractivity contribution in [2.24, 2.45) is 0 Å². The molecule has 0 spiro atoms. The number of rotatable bonds is 10. The van der Waals surface area contributed by atoms with E-state index in [1.807, 2.05) is 27.7 Å². The molecule has 0 aromatic heterocycles. The molecule has 0 aliphatic heterocycles. The SMILES string of the molecule is CCCCC(=O)OC(C)COCC(C)OC(C)C.